The van der Waals surface area contributed by atoms with E-state index in [-0.39, 0.29) is 50.3 Å². The van der Waals surface area contributed by atoms with Crippen LogP contribution >= 0.6 is 0 Å². The number of nitrogens with zero attached hydrogens (tertiary/aromatic N) is 4. The summed E-state index contributed by atoms with van der Waals surface area (Å²) in [4.78, 5) is 77.2. The number of ketones is 3. The van der Waals surface area contributed by atoms with Crippen molar-refractivity contribution in [2.75, 3.05) is 14.2 Å². The van der Waals surface area contributed by atoms with E-state index < -0.39 is 124 Å². The van der Waals surface area contributed by atoms with Crippen molar-refractivity contribution < 1.29 is 185 Å². The summed E-state index contributed by atoms with van der Waals surface area (Å²) in [6, 6.07) is 12.5. The smallest absolute Gasteiger partial charge is 0.504 e. The van der Waals surface area contributed by atoms with Gasteiger partial charge in [-0.2, -0.15) is 79.0 Å². The normalized spacial score (nSPS) is 17.0. The molecule has 0 aliphatic carbocycles. The first-order valence-corrected chi connectivity index (χ1v) is 21.2. The van der Waals surface area contributed by atoms with Crippen molar-refractivity contribution in [2.45, 2.75) is 115 Å². The number of hydrogen-bond donors (Lipinski definition) is 0. The van der Waals surface area contributed by atoms with E-state index in [1.807, 2.05) is 0 Å². The monoisotopic (exact) mass is 1360 g/mol. The molecule has 18 nitrogen and oxygen atoms in total. The number of allylic oxidation sites excluding steroid dienone is 6. The van der Waals surface area contributed by atoms with Crippen LogP contribution in [0.25, 0.3) is 0 Å². The van der Waals surface area contributed by atoms with Crippen LogP contribution in [-0.4, -0.2) is 133 Å². The van der Waals surface area contributed by atoms with Gasteiger partial charge in [-0.15, -0.1) is 9.48 Å². The molecule has 4 rings (SSSR count). The molecule has 0 saturated heterocycles. The summed E-state index contributed by atoms with van der Waals surface area (Å²) in [5.41, 5.74) is -1.73. The number of nitroso groups, excluding NO2 is 2. The molecular weight excluding hydrogens is 1320 g/mol. The number of methoxy groups -OCH3 is 2. The average molecular weight is 1360 g/mol. The maximum atomic E-state index is 12.5. The summed E-state index contributed by atoms with van der Waals surface area (Å²) in [6.45, 7) is 13.9. The van der Waals surface area contributed by atoms with E-state index in [1.54, 1.807) is 79.7 Å². The number of hydrogen-bond acceptors (Lipinski definition) is 14. The molecule has 37 heteroatoms. The Kier molecular flexibility index (Phi) is 25.9. The van der Waals surface area contributed by atoms with Gasteiger partial charge in [0.2, 0.25) is 11.1 Å². The number of benzene rings is 2. The molecule has 2 aromatic carbocycles. The molecule has 2 aliphatic heterocycles. The molecule has 0 fully saturated rings. The Morgan fingerprint density at radius 3 is 0.732 bits per heavy atom. The van der Waals surface area contributed by atoms with E-state index in [4.69, 9.17) is 0 Å². The Bertz CT molecular complexity index is 2640. The van der Waals surface area contributed by atoms with Gasteiger partial charge in [0.25, 0.3) is 28.4 Å². The standard InChI is InChI=1S/2C15H19N2O4.3C5H2F6O2.Tb/c2*1-14(2)15(3,4)17(20)12(16(14)19)10-6-8-11(9-7-10)13(18)21-5;3*6-4(7,8)2(12)1-3(13)5(9,10)11;/h2*6-9H,1-5H3;3*1,12H;/q2*+1;;;;/p-3/b;;3*2-1-;. The summed E-state index contributed by atoms with van der Waals surface area (Å²) in [7, 11) is 2.59. The fourth-order valence-corrected chi connectivity index (χ4v) is 5.28. The Morgan fingerprint density at radius 1 is 0.402 bits per heavy atom. The van der Waals surface area contributed by atoms with Crippen LogP contribution in [0.3, 0.4) is 0 Å². The minimum Gasteiger partial charge on any atom is -0.869 e. The van der Waals surface area contributed by atoms with Crippen molar-refractivity contribution in [2.24, 2.45) is 0 Å². The molecular formula is C45H41F18N4O14Tb-. The predicted octanol–water partition coefficient (Wildman–Crippen LogP) is 6.93. The summed E-state index contributed by atoms with van der Waals surface area (Å²) < 4.78 is 216. The predicted molar refractivity (Wildman–Crippen MR) is 230 cm³/mol. The average Bonchev–Trinajstić information content (AvgIpc) is 3.52. The number of ether oxygens (including phenoxy) is 2. The van der Waals surface area contributed by atoms with Crippen molar-refractivity contribution in [3.63, 3.8) is 0 Å². The SMILES string of the molecule is COC(=O)c1ccc(C2=[N+]([O-])C(C)(C)C(C)(C)[N+]2=O)cc1.COC(=O)c1ccc(C2=[N+]([O-])C(C)(C)C(C)(C)[N+]2=O)cc1.O=C(/C=C(\[O-])C(F)(F)F)C(F)(F)F.O=C(/C=C(\[O-])C(F)(F)F)C(F)(F)F.O=C(/C=C(\[O-])C(F)(F)F)C(F)(F)F.[Tb]. The largest absolute Gasteiger partial charge is 0.869 e. The Balaban J connectivity index is 0. The zero-order valence-electron chi connectivity index (χ0n) is 43.0. The van der Waals surface area contributed by atoms with Gasteiger partial charge in [-0.25, -0.2) is 9.59 Å². The summed E-state index contributed by atoms with van der Waals surface area (Å²) >= 11 is 0. The second kappa shape index (κ2) is 27.5. The van der Waals surface area contributed by atoms with Gasteiger partial charge in [0.15, 0.2) is 0 Å². The zero-order chi connectivity index (χ0) is 64.6. The second-order valence-electron chi connectivity index (χ2n) is 17.8. The molecule has 461 valence electrons. The second-order valence-corrected chi connectivity index (χ2v) is 17.8. The summed E-state index contributed by atoms with van der Waals surface area (Å²) in [5.74, 6) is -17.8. The third kappa shape index (κ3) is 19.7. The van der Waals surface area contributed by atoms with E-state index in [0.29, 0.717) is 22.3 Å². The first kappa shape index (κ1) is 77.2. The molecule has 0 spiro atoms. The first-order chi connectivity index (χ1) is 35.9. The first-order valence-electron chi connectivity index (χ1n) is 21.2. The quantitative estimate of drug-likeness (QED) is 0.0680. The van der Waals surface area contributed by atoms with Crippen LogP contribution < -0.4 is 15.3 Å². The molecule has 0 amide bonds. The number of rotatable bonds is 7. The molecule has 2 heterocycles. The minimum atomic E-state index is -5.46. The fourth-order valence-electron chi connectivity index (χ4n) is 5.28. The van der Waals surface area contributed by atoms with E-state index >= 15 is 0 Å². The van der Waals surface area contributed by atoms with Gasteiger partial charge in [0, 0.05) is 104 Å². The van der Waals surface area contributed by atoms with Crippen molar-refractivity contribution in [1.29, 1.82) is 0 Å². The Morgan fingerprint density at radius 2 is 0.598 bits per heavy atom. The zero-order valence-corrected chi connectivity index (χ0v) is 45.1. The van der Waals surface area contributed by atoms with Crippen molar-refractivity contribution in [3.8, 4) is 0 Å². The molecule has 0 bridgehead atoms. The van der Waals surface area contributed by atoms with Crippen molar-refractivity contribution in [3.05, 3.63) is 127 Å². The van der Waals surface area contributed by atoms with Crippen LogP contribution in [0.4, 0.5) is 79.0 Å². The van der Waals surface area contributed by atoms with Crippen molar-refractivity contribution >= 4 is 41.0 Å². The summed E-state index contributed by atoms with van der Waals surface area (Å²) in [6.07, 6.45) is -35.8. The topological polar surface area (TPSA) is 265 Å². The van der Waals surface area contributed by atoms with Gasteiger partial charge in [-0.05, 0) is 84.0 Å². The van der Waals surface area contributed by atoms with E-state index in [1.165, 1.54) is 38.5 Å². The number of carbonyl (C=O) groups is 5. The molecule has 82 heavy (non-hydrogen) atoms. The Hall–Kier alpha value is -6.82. The molecule has 0 N–H and O–H groups in total. The Labute approximate surface area is 479 Å². The van der Waals surface area contributed by atoms with Crippen LogP contribution in [0, 0.1) is 58.8 Å². The molecule has 0 aromatic heterocycles. The van der Waals surface area contributed by atoms with Gasteiger partial charge < -0.3 is 35.2 Å². The van der Waals surface area contributed by atoms with Crippen LogP contribution in [0.1, 0.15) is 87.2 Å². The van der Waals surface area contributed by atoms with E-state index in [0.717, 1.165) is 19.0 Å². The van der Waals surface area contributed by atoms with Gasteiger partial charge >= 0.3 is 60.7 Å². The number of halogens is 18. The third-order valence-corrected chi connectivity index (χ3v) is 11.4. The van der Waals surface area contributed by atoms with E-state index in [9.17, 15) is 139 Å². The molecule has 0 atom stereocenters. The molecule has 2 aliphatic rings. The number of alkyl halides is 18. The molecule has 0 unspecified atom stereocenters. The summed E-state index contributed by atoms with van der Waals surface area (Å²) in [5, 5.41) is 54.4. The molecule has 1 radical (unpaired) electrons. The molecule has 0 saturated carbocycles. The maximum absolute atomic E-state index is 12.5. The van der Waals surface area contributed by atoms with Gasteiger partial charge in [-0.1, -0.05) is 0 Å². The number of carbonyl (C=O) groups excluding carboxylic acids is 5. The van der Waals surface area contributed by atoms with E-state index in [2.05, 4.69) is 9.47 Å². The van der Waals surface area contributed by atoms with Gasteiger partial charge in [-0.3, -0.25) is 14.4 Å². The fraction of sp³-hybridized carbons (Fsp3) is 0.444. The number of esters is 2. The third-order valence-electron chi connectivity index (χ3n) is 11.4. The van der Waals surface area contributed by atoms with Crippen LogP contribution in [-0.2, 0) is 23.9 Å². The molecule has 2 aromatic rings. The van der Waals surface area contributed by atoms with Gasteiger partial charge in [0.05, 0.1) is 25.3 Å². The van der Waals surface area contributed by atoms with Crippen molar-refractivity contribution in [1.82, 2.24) is 0 Å². The number of amidine groups is 2. The van der Waals surface area contributed by atoms with Crippen LogP contribution in [0.2, 0.25) is 0 Å². The minimum absolute atomic E-state index is 0. The van der Waals surface area contributed by atoms with Crippen LogP contribution in [0.15, 0.2) is 84.0 Å². The number of hydroxylamine groups is 2. The van der Waals surface area contributed by atoms with Crippen LogP contribution in [0.5, 0.6) is 0 Å². The van der Waals surface area contributed by atoms with Gasteiger partial charge in [0.1, 0.15) is 20.6 Å². The maximum Gasteiger partial charge on any atom is 0.504 e.